The first-order chi connectivity index (χ1) is 9.01. The molecule has 1 heterocycles. The van der Waals surface area contributed by atoms with Crippen molar-refractivity contribution in [3.05, 3.63) is 18.2 Å². The SMILES string of the molecule is CCOP(=S)(OCC)Oc1cnc(C2(C)CC2)nc1. The highest BCUT2D eigenvalue weighted by Gasteiger charge is 2.41. The maximum Gasteiger partial charge on any atom is 0.380 e. The first-order valence-corrected chi connectivity index (χ1v) is 8.98. The van der Waals surface area contributed by atoms with Gasteiger partial charge in [-0.05, 0) is 26.7 Å². The van der Waals surface area contributed by atoms with Crippen LogP contribution in [0.1, 0.15) is 39.4 Å². The molecule has 0 atom stereocenters. The van der Waals surface area contributed by atoms with Gasteiger partial charge in [0, 0.05) is 17.2 Å². The molecular formula is C12H19N2O3PS. The third-order valence-corrected chi connectivity index (χ3v) is 5.40. The van der Waals surface area contributed by atoms with E-state index < -0.39 is 6.72 Å². The van der Waals surface area contributed by atoms with Gasteiger partial charge in [0.1, 0.15) is 5.82 Å². The van der Waals surface area contributed by atoms with Crippen LogP contribution in [0.15, 0.2) is 12.4 Å². The number of rotatable bonds is 7. The Morgan fingerprint density at radius 1 is 1.21 bits per heavy atom. The van der Waals surface area contributed by atoms with Crippen molar-refractivity contribution in [1.82, 2.24) is 9.97 Å². The van der Waals surface area contributed by atoms with E-state index in [4.69, 9.17) is 25.4 Å². The van der Waals surface area contributed by atoms with Crippen molar-refractivity contribution >= 4 is 18.5 Å². The van der Waals surface area contributed by atoms with E-state index in [1.54, 1.807) is 12.4 Å². The average molecular weight is 302 g/mol. The molecule has 1 aromatic heterocycles. The molecule has 0 aliphatic heterocycles. The molecule has 0 spiro atoms. The molecule has 1 aliphatic carbocycles. The van der Waals surface area contributed by atoms with Gasteiger partial charge in [-0.25, -0.2) is 9.97 Å². The van der Waals surface area contributed by atoms with Crippen LogP contribution in [0.2, 0.25) is 0 Å². The minimum Gasteiger partial charge on any atom is -0.421 e. The molecule has 0 radical (unpaired) electrons. The second-order valence-electron chi connectivity index (χ2n) is 4.68. The first-order valence-electron chi connectivity index (χ1n) is 6.42. The highest BCUT2D eigenvalue weighted by molar-refractivity contribution is 8.07. The Morgan fingerprint density at radius 3 is 2.16 bits per heavy atom. The van der Waals surface area contributed by atoms with Gasteiger partial charge in [0.05, 0.1) is 25.6 Å². The van der Waals surface area contributed by atoms with Crippen molar-refractivity contribution < 1.29 is 13.6 Å². The molecule has 5 nitrogen and oxygen atoms in total. The Morgan fingerprint density at radius 2 is 1.74 bits per heavy atom. The Balaban J connectivity index is 2.07. The maximum absolute atomic E-state index is 5.63. The monoisotopic (exact) mass is 302 g/mol. The lowest BCUT2D eigenvalue weighted by atomic mass is 10.1. The Labute approximate surface area is 119 Å². The van der Waals surface area contributed by atoms with Crippen LogP contribution in [0.3, 0.4) is 0 Å². The summed E-state index contributed by atoms with van der Waals surface area (Å²) in [5.74, 6) is 1.36. The minimum atomic E-state index is -2.73. The Hall–Kier alpha value is -0.550. The van der Waals surface area contributed by atoms with Gasteiger partial charge >= 0.3 is 6.72 Å². The highest BCUT2D eigenvalue weighted by atomic mass is 32.5. The van der Waals surface area contributed by atoms with Crippen LogP contribution in [0, 0.1) is 0 Å². The fourth-order valence-electron chi connectivity index (χ4n) is 1.62. The molecule has 1 aromatic rings. The van der Waals surface area contributed by atoms with Crippen molar-refractivity contribution in [3.8, 4) is 5.75 Å². The molecule has 2 rings (SSSR count). The molecule has 0 bridgehead atoms. The summed E-state index contributed by atoms with van der Waals surface area (Å²) in [6, 6.07) is 0. The standard InChI is InChI=1S/C12H19N2O3PS/c1-4-15-18(19,16-5-2)17-10-8-13-11(14-9-10)12(3)6-7-12/h8-9H,4-7H2,1-3H3. The molecule has 106 valence electrons. The van der Waals surface area contributed by atoms with Gasteiger partial charge < -0.3 is 4.52 Å². The van der Waals surface area contributed by atoms with Crippen molar-refractivity contribution in [2.75, 3.05) is 13.2 Å². The van der Waals surface area contributed by atoms with E-state index in [1.807, 2.05) is 13.8 Å². The van der Waals surface area contributed by atoms with Gasteiger partial charge in [-0.1, -0.05) is 6.92 Å². The molecule has 19 heavy (non-hydrogen) atoms. The van der Waals surface area contributed by atoms with Gasteiger partial charge in [-0.15, -0.1) is 0 Å². The van der Waals surface area contributed by atoms with Gasteiger partial charge in [-0.3, -0.25) is 9.05 Å². The summed E-state index contributed by atoms with van der Waals surface area (Å²) in [5.41, 5.74) is 0.151. The highest BCUT2D eigenvalue weighted by Crippen LogP contribution is 2.50. The molecular weight excluding hydrogens is 283 g/mol. The molecule has 1 aliphatic rings. The maximum atomic E-state index is 5.63. The zero-order valence-electron chi connectivity index (χ0n) is 11.5. The summed E-state index contributed by atoms with van der Waals surface area (Å²) < 4.78 is 16.4. The van der Waals surface area contributed by atoms with Crippen LogP contribution in [-0.4, -0.2) is 23.2 Å². The summed E-state index contributed by atoms with van der Waals surface area (Å²) >= 11 is 5.29. The summed E-state index contributed by atoms with van der Waals surface area (Å²) in [4.78, 5) is 8.68. The van der Waals surface area contributed by atoms with Crippen LogP contribution in [-0.2, 0) is 26.3 Å². The van der Waals surface area contributed by atoms with Crippen molar-refractivity contribution in [3.63, 3.8) is 0 Å². The fraction of sp³-hybridized carbons (Fsp3) is 0.667. The normalized spacial score (nSPS) is 17.2. The number of hydrogen-bond donors (Lipinski definition) is 0. The molecule has 0 aromatic carbocycles. The second-order valence-corrected chi connectivity index (χ2v) is 7.61. The molecule has 0 amide bonds. The number of aromatic nitrogens is 2. The smallest absolute Gasteiger partial charge is 0.380 e. The minimum absolute atomic E-state index is 0.151. The first kappa shape index (κ1) is 14.9. The average Bonchev–Trinajstić information content (AvgIpc) is 3.10. The van der Waals surface area contributed by atoms with E-state index in [0.29, 0.717) is 19.0 Å². The lowest BCUT2D eigenvalue weighted by Crippen LogP contribution is -2.07. The van der Waals surface area contributed by atoms with Crippen LogP contribution < -0.4 is 4.52 Å². The summed E-state index contributed by atoms with van der Waals surface area (Å²) in [5, 5.41) is 0. The predicted molar refractivity (Wildman–Crippen MR) is 76.8 cm³/mol. The van der Waals surface area contributed by atoms with E-state index in [1.165, 1.54) is 0 Å². The van der Waals surface area contributed by atoms with Crippen LogP contribution in [0.4, 0.5) is 0 Å². The fourth-order valence-corrected chi connectivity index (χ4v) is 3.68. The summed E-state index contributed by atoms with van der Waals surface area (Å²) in [6.45, 7) is 4.05. The third kappa shape index (κ3) is 3.72. The van der Waals surface area contributed by atoms with Gasteiger partial charge in [0.25, 0.3) is 0 Å². The zero-order valence-corrected chi connectivity index (χ0v) is 13.2. The molecule has 0 N–H and O–H groups in total. The molecule has 7 heteroatoms. The zero-order chi connectivity index (χ0) is 13.9. The van der Waals surface area contributed by atoms with E-state index >= 15 is 0 Å². The predicted octanol–water partition coefficient (Wildman–Crippen LogP) is 3.20. The second kappa shape index (κ2) is 5.83. The molecule has 1 saturated carbocycles. The van der Waals surface area contributed by atoms with E-state index in [2.05, 4.69) is 16.9 Å². The van der Waals surface area contributed by atoms with Crippen molar-refractivity contribution in [2.45, 2.75) is 39.0 Å². The molecule has 0 unspecified atom stereocenters. The topological polar surface area (TPSA) is 53.5 Å². The van der Waals surface area contributed by atoms with Gasteiger partial charge in [0.15, 0.2) is 5.75 Å². The Kier molecular flexibility index (Phi) is 4.56. The third-order valence-electron chi connectivity index (χ3n) is 2.96. The summed E-state index contributed by atoms with van der Waals surface area (Å²) in [7, 11) is 0. The van der Waals surface area contributed by atoms with E-state index in [0.717, 1.165) is 18.7 Å². The van der Waals surface area contributed by atoms with Crippen LogP contribution >= 0.6 is 6.72 Å². The van der Waals surface area contributed by atoms with Crippen LogP contribution in [0.5, 0.6) is 5.75 Å². The van der Waals surface area contributed by atoms with E-state index in [9.17, 15) is 0 Å². The number of hydrogen-bond acceptors (Lipinski definition) is 6. The van der Waals surface area contributed by atoms with Crippen molar-refractivity contribution in [1.29, 1.82) is 0 Å². The Bertz CT molecular complexity index is 466. The number of nitrogens with zero attached hydrogens (tertiary/aromatic N) is 2. The van der Waals surface area contributed by atoms with Crippen molar-refractivity contribution in [2.24, 2.45) is 0 Å². The van der Waals surface area contributed by atoms with Crippen LogP contribution in [0.25, 0.3) is 0 Å². The summed E-state index contributed by atoms with van der Waals surface area (Å²) in [6.07, 6.45) is 5.57. The van der Waals surface area contributed by atoms with Gasteiger partial charge in [0.2, 0.25) is 0 Å². The lowest BCUT2D eigenvalue weighted by Gasteiger charge is -2.20. The lowest BCUT2D eigenvalue weighted by molar-refractivity contribution is 0.217. The largest absolute Gasteiger partial charge is 0.421 e. The molecule has 1 fully saturated rings. The quantitative estimate of drug-likeness (QED) is 0.721. The molecule has 0 saturated heterocycles. The van der Waals surface area contributed by atoms with Gasteiger partial charge in [-0.2, -0.15) is 0 Å². The van der Waals surface area contributed by atoms with E-state index in [-0.39, 0.29) is 5.41 Å².